The summed E-state index contributed by atoms with van der Waals surface area (Å²) in [6, 6.07) is 9.35. The quantitative estimate of drug-likeness (QED) is 0.400. The molecule has 2 rings (SSSR count). The van der Waals surface area contributed by atoms with E-state index in [-0.39, 0.29) is 6.04 Å². The first kappa shape index (κ1) is 8.66. The van der Waals surface area contributed by atoms with Gasteiger partial charge in [-0.05, 0) is 24.6 Å². The van der Waals surface area contributed by atoms with Gasteiger partial charge in [0.1, 0.15) is 11.3 Å². The van der Waals surface area contributed by atoms with Crippen LogP contribution in [0.15, 0.2) is 39.9 Å². The molecule has 0 radical (unpaired) electrons. The summed E-state index contributed by atoms with van der Waals surface area (Å²) in [5.41, 5.74) is 9.11. The highest BCUT2D eigenvalue weighted by atomic mass is 16.3. The van der Waals surface area contributed by atoms with Gasteiger partial charge in [0.25, 0.3) is 0 Å². The molecule has 0 bridgehead atoms. The third-order valence-electron chi connectivity index (χ3n) is 2.08. The fourth-order valence-corrected chi connectivity index (χ4v) is 1.34. The first-order chi connectivity index (χ1) is 6.81. The maximum Gasteiger partial charge on any atom is 0.134 e. The SMILES string of the molecule is C[C@@H](N=[N+]=[N-])c1cc2ccccc2o1. The Labute approximate surface area is 80.8 Å². The predicted octanol–water partition coefficient (Wildman–Crippen LogP) is 3.80. The van der Waals surface area contributed by atoms with Crippen molar-refractivity contribution >= 4 is 11.0 Å². The van der Waals surface area contributed by atoms with Crippen LogP contribution in [-0.2, 0) is 0 Å². The summed E-state index contributed by atoms with van der Waals surface area (Å²) >= 11 is 0. The van der Waals surface area contributed by atoms with Crippen LogP contribution in [0.5, 0.6) is 0 Å². The van der Waals surface area contributed by atoms with Crippen LogP contribution in [0.3, 0.4) is 0 Å². The number of furan rings is 1. The average molecular weight is 187 g/mol. The Bertz CT molecular complexity index is 464. The van der Waals surface area contributed by atoms with E-state index in [4.69, 9.17) is 9.95 Å². The molecule has 1 aromatic carbocycles. The minimum absolute atomic E-state index is 0.257. The minimum atomic E-state index is -0.257. The fraction of sp³-hybridized carbons (Fsp3) is 0.200. The van der Waals surface area contributed by atoms with Crippen molar-refractivity contribution in [1.29, 1.82) is 0 Å². The molecule has 2 aromatic rings. The number of nitrogens with zero attached hydrogens (tertiary/aromatic N) is 3. The average Bonchev–Trinajstić information content (AvgIpc) is 2.61. The molecule has 0 amide bonds. The monoisotopic (exact) mass is 187 g/mol. The normalized spacial score (nSPS) is 12.4. The van der Waals surface area contributed by atoms with Crippen molar-refractivity contribution in [2.45, 2.75) is 13.0 Å². The van der Waals surface area contributed by atoms with Crippen LogP contribution >= 0.6 is 0 Å². The van der Waals surface area contributed by atoms with E-state index in [0.717, 1.165) is 11.0 Å². The molecule has 0 fully saturated rings. The molecule has 0 saturated carbocycles. The molecule has 70 valence electrons. The van der Waals surface area contributed by atoms with Gasteiger partial charge in [-0.15, -0.1) is 0 Å². The Morgan fingerprint density at radius 1 is 1.43 bits per heavy atom. The molecule has 0 saturated heterocycles. The number of fused-ring (bicyclic) bond motifs is 1. The van der Waals surface area contributed by atoms with E-state index in [1.54, 1.807) is 6.92 Å². The molecular formula is C10H9N3O. The highest BCUT2D eigenvalue weighted by Gasteiger charge is 2.08. The smallest absolute Gasteiger partial charge is 0.134 e. The summed E-state index contributed by atoms with van der Waals surface area (Å²) in [6.45, 7) is 1.80. The summed E-state index contributed by atoms with van der Waals surface area (Å²) < 4.78 is 5.52. The zero-order valence-electron chi connectivity index (χ0n) is 7.71. The molecule has 1 heterocycles. The molecule has 0 unspecified atom stereocenters. The fourth-order valence-electron chi connectivity index (χ4n) is 1.34. The zero-order chi connectivity index (χ0) is 9.97. The first-order valence-electron chi connectivity index (χ1n) is 4.34. The molecule has 0 aliphatic rings. The van der Waals surface area contributed by atoms with E-state index in [2.05, 4.69) is 10.0 Å². The maximum atomic E-state index is 8.29. The highest BCUT2D eigenvalue weighted by Crippen LogP contribution is 2.25. The first-order valence-corrected chi connectivity index (χ1v) is 4.34. The van der Waals surface area contributed by atoms with Crippen LogP contribution in [0.1, 0.15) is 18.7 Å². The van der Waals surface area contributed by atoms with Crippen LogP contribution < -0.4 is 0 Å². The van der Waals surface area contributed by atoms with E-state index in [1.165, 1.54) is 0 Å². The Morgan fingerprint density at radius 2 is 2.21 bits per heavy atom. The van der Waals surface area contributed by atoms with E-state index in [1.807, 2.05) is 30.3 Å². The van der Waals surface area contributed by atoms with Crippen LogP contribution in [0.2, 0.25) is 0 Å². The second kappa shape index (κ2) is 3.44. The standard InChI is InChI=1S/C10H9N3O/c1-7(12-13-11)10-6-8-4-2-3-5-9(8)14-10/h2-7H,1H3/t7-/m1/s1. The molecule has 0 aliphatic heterocycles. The molecule has 0 spiro atoms. The largest absolute Gasteiger partial charge is 0.461 e. The number of azide groups is 1. The zero-order valence-corrected chi connectivity index (χ0v) is 7.71. The molecule has 0 N–H and O–H groups in total. The van der Waals surface area contributed by atoms with Crippen molar-refractivity contribution in [3.8, 4) is 0 Å². The van der Waals surface area contributed by atoms with Gasteiger partial charge in [0.2, 0.25) is 0 Å². The maximum absolute atomic E-state index is 8.29. The van der Waals surface area contributed by atoms with E-state index >= 15 is 0 Å². The van der Waals surface area contributed by atoms with Gasteiger partial charge in [0.05, 0.1) is 6.04 Å². The molecule has 4 nitrogen and oxygen atoms in total. The Balaban J connectivity index is 2.49. The lowest BCUT2D eigenvalue weighted by atomic mass is 10.2. The molecule has 1 atom stereocenters. The van der Waals surface area contributed by atoms with Crippen molar-refractivity contribution in [2.24, 2.45) is 5.11 Å². The van der Waals surface area contributed by atoms with Crippen molar-refractivity contribution in [1.82, 2.24) is 0 Å². The second-order valence-electron chi connectivity index (χ2n) is 3.07. The third-order valence-corrected chi connectivity index (χ3v) is 2.08. The van der Waals surface area contributed by atoms with Gasteiger partial charge < -0.3 is 4.42 Å². The number of benzene rings is 1. The van der Waals surface area contributed by atoms with Gasteiger partial charge in [0, 0.05) is 10.3 Å². The number of hydrogen-bond donors (Lipinski definition) is 0. The second-order valence-corrected chi connectivity index (χ2v) is 3.07. The summed E-state index contributed by atoms with van der Waals surface area (Å²) in [6.07, 6.45) is 0. The Kier molecular flexibility index (Phi) is 2.13. The number of rotatable bonds is 2. The van der Waals surface area contributed by atoms with Crippen molar-refractivity contribution < 1.29 is 4.42 Å². The van der Waals surface area contributed by atoms with Gasteiger partial charge >= 0.3 is 0 Å². The van der Waals surface area contributed by atoms with E-state index in [9.17, 15) is 0 Å². The van der Waals surface area contributed by atoms with Gasteiger partial charge in [0.15, 0.2) is 0 Å². The third kappa shape index (κ3) is 1.43. The lowest BCUT2D eigenvalue weighted by Gasteiger charge is -1.96. The van der Waals surface area contributed by atoms with Crippen LogP contribution in [0.4, 0.5) is 0 Å². The van der Waals surface area contributed by atoms with Gasteiger partial charge in [-0.1, -0.05) is 23.3 Å². The van der Waals surface area contributed by atoms with Crippen LogP contribution in [-0.4, -0.2) is 0 Å². The summed E-state index contributed by atoms with van der Waals surface area (Å²) in [7, 11) is 0. The highest BCUT2D eigenvalue weighted by molar-refractivity contribution is 5.77. The van der Waals surface area contributed by atoms with Gasteiger partial charge in [-0.2, -0.15) is 0 Å². The van der Waals surface area contributed by atoms with Crippen LogP contribution in [0.25, 0.3) is 21.4 Å². The topological polar surface area (TPSA) is 61.9 Å². The number of hydrogen-bond acceptors (Lipinski definition) is 2. The number of para-hydroxylation sites is 1. The molecular weight excluding hydrogens is 178 g/mol. The Morgan fingerprint density at radius 3 is 2.93 bits per heavy atom. The lowest BCUT2D eigenvalue weighted by molar-refractivity contribution is 0.512. The van der Waals surface area contributed by atoms with Crippen molar-refractivity contribution in [3.05, 3.63) is 46.5 Å². The lowest BCUT2D eigenvalue weighted by Crippen LogP contribution is -1.82. The summed E-state index contributed by atoms with van der Waals surface area (Å²) in [4.78, 5) is 2.75. The molecule has 4 heteroatoms. The van der Waals surface area contributed by atoms with E-state index < -0.39 is 0 Å². The summed E-state index contributed by atoms with van der Waals surface area (Å²) in [5, 5.41) is 4.61. The molecule has 0 aliphatic carbocycles. The van der Waals surface area contributed by atoms with E-state index in [0.29, 0.717) is 5.76 Å². The minimum Gasteiger partial charge on any atom is -0.461 e. The molecule has 1 aromatic heterocycles. The van der Waals surface area contributed by atoms with Gasteiger partial charge in [-0.25, -0.2) is 0 Å². The Hall–Kier alpha value is -1.93. The van der Waals surface area contributed by atoms with Crippen molar-refractivity contribution in [2.75, 3.05) is 0 Å². The summed E-state index contributed by atoms with van der Waals surface area (Å²) in [5.74, 6) is 0.698. The van der Waals surface area contributed by atoms with Crippen LogP contribution in [0, 0.1) is 0 Å². The van der Waals surface area contributed by atoms with Gasteiger partial charge in [-0.3, -0.25) is 0 Å². The molecule has 14 heavy (non-hydrogen) atoms. The predicted molar refractivity (Wildman–Crippen MR) is 53.8 cm³/mol. The van der Waals surface area contributed by atoms with Crippen molar-refractivity contribution in [3.63, 3.8) is 0 Å².